The minimum absolute atomic E-state index is 0.350. The van der Waals surface area contributed by atoms with Crippen LogP contribution in [0.3, 0.4) is 0 Å². The highest BCUT2D eigenvalue weighted by atomic mass is 35.5. The standard InChI is InChI=1S/C18H19ClN2O2/c1-11-4-3-5-12(2)15(11)10-16(17(20)22)21-18(23)13-6-8-14(19)9-7-13/h3-9,16H,10H2,1-2H3,(H2,20,22)(H,21,23)/t16-/m1/s1. The fourth-order valence-electron chi connectivity index (χ4n) is 2.44. The zero-order valence-corrected chi connectivity index (χ0v) is 13.9. The largest absolute Gasteiger partial charge is 0.368 e. The van der Waals surface area contributed by atoms with Crippen molar-refractivity contribution in [3.8, 4) is 0 Å². The molecule has 0 fully saturated rings. The predicted molar refractivity (Wildman–Crippen MR) is 91.5 cm³/mol. The Morgan fingerprint density at radius 1 is 1.09 bits per heavy atom. The fraction of sp³-hybridized carbons (Fsp3) is 0.222. The van der Waals surface area contributed by atoms with Gasteiger partial charge in [0.05, 0.1) is 0 Å². The molecule has 4 nitrogen and oxygen atoms in total. The molecule has 2 aromatic carbocycles. The molecule has 2 amide bonds. The van der Waals surface area contributed by atoms with Crippen molar-refractivity contribution in [2.24, 2.45) is 5.73 Å². The second-order valence-electron chi connectivity index (χ2n) is 5.51. The van der Waals surface area contributed by atoms with Gasteiger partial charge in [0.2, 0.25) is 5.91 Å². The van der Waals surface area contributed by atoms with Crippen molar-refractivity contribution in [1.82, 2.24) is 5.32 Å². The summed E-state index contributed by atoms with van der Waals surface area (Å²) >= 11 is 5.81. The van der Waals surface area contributed by atoms with Crippen LogP contribution in [-0.4, -0.2) is 17.9 Å². The summed E-state index contributed by atoms with van der Waals surface area (Å²) in [7, 11) is 0. The molecule has 0 aliphatic rings. The number of hydrogen-bond donors (Lipinski definition) is 2. The third kappa shape index (κ3) is 4.33. The lowest BCUT2D eigenvalue weighted by Crippen LogP contribution is -2.46. The first-order valence-corrected chi connectivity index (χ1v) is 7.67. The average Bonchev–Trinajstić information content (AvgIpc) is 2.50. The van der Waals surface area contributed by atoms with Crippen LogP contribution in [0.4, 0.5) is 0 Å². The zero-order valence-electron chi connectivity index (χ0n) is 13.1. The third-order valence-corrected chi connectivity index (χ3v) is 4.06. The molecule has 0 bridgehead atoms. The van der Waals surface area contributed by atoms with Crippen LogP contribution in [0, 0.1) is 13.8 Å². The zero-order chi connectivity index (χ0) is 17.0. The molecule has 23 heavy (non-hydrogen) atoms. The Morgan fingerprint density at radius 2 is 1.65 bits per heavy atom. The number of carbonyl (C=O) groups is 2. The Labute approximate surface area is 140 Å². The van der Waals surface area contributed by atoms with Crippen LogP contribution in [0.2, 0.25) is 5.02 Å². The van der Waals surface area contributed by atoms with Gasteiger partial charge in [0, 0.05) is 17.0 Å². The van der Waals surface area contributed by atoms with Crippen molar-refractivity contribution in [3.05, 3.63) is 69.7 Å². The van der Waals surface area contributed by atoms with E-state index in [0.29, 0.717) is 17.0 Å². The lowest BCUT2D eigenvalue weighted by molar-refractivity contribution is -0.119. The number of aryl methyl sites for hydroxylation is 2. The van der Waals surface area contributed by atoms with Gasteiger partial charge in [0.1, 0.15) is 6.04 Å². The third-order valence-electron chi connectivity index (χ3n) is 3.81. The molecule has 0 saturated carbocycles. The molecule has 0 saturated heterocycles. The summed E-state index contributed by atoms with van der Waals surface area (Å²) < 4.78 is 0. The van der Waals surface area contributed by atoms with Crippen LogP contribution in [0.1, 0.15) is 27.0 Å². The molecule has 0 unspecified atom stereocenters. The maximum absolute atomic E-state index is 12.3. The van der Waals surface area contributed by atoms with Gasteiger partial charge in [0.15, 0.2) is 0 Å². The highest BCUT2D eigenvalue weighted by Crippen LogP contribution is 2.16. The first-order chi connectivity index (χ1) is 10.9. The average molecular weight is 331 g/mol. The van der Waals surface area contributed by atoms with Crippen LogP contribution >= 0.6 is 11.6 Å². The van der Waals surface area contributed by atoms with Crippen molar-refractivity contribution >= 4 is 23.4 Å². The molecule has 0 radical (unpaired) electrons. The molecule has 3 N–H and O–H groups in total. The number of rotatable bonds is 5. The Hall–Kier alpha value is -2.33. The minimum Gasteiger partial charge on any atom is -0.368 e. The number of nitrogens with two attached hydrogens (primary N) is 1. The first-order valence-electron chi connectivity index (χ1n) is 7.29. The fourth-order valence-corrected chi connectivity index (χ4v) is 2.57. The van der Waals surface area contributed by atoms with Gasteiger partial charge in [-0.1, -0.05) is 29.8 Å². The van der Waals surface area contributed by atoms with Crippen molar-refractivity contribution in [2.45, 2.75) is 26.3 Å². The molecule has 1 atom stereocenters. The summed E-state index contributed by atoms with van der Waals surface area (Å²) in [5.74, 6) is -0.910. The molecular weight excluding hydrogens is 312 g/mol. The Morgan fingerprint density at radius 3 is 2.17 bits per heavy atom. The Kier molecular flexibility index (Phi) is 5.40. The summed E-state index contributed by atoms with van der Waals surface area (Å²) in [6.45, 7) is 3.95. The molecular formula is C18H19ClN2O2. The Bertz CT molecular complexity index is 706. The van der Waals surface area contributed by atoms with E-state index >= 15 is 0 Å². The Balaban J connectivity index is 2.17. The van der Waals surface area contributed by atoms with Crippen molar-refractivity contribution in [3.63, 3.8) is 0 Å². The van der Waals surface area contributed by atoms with Gasteiger partial charge >= 0.3 is 0 Å². The van der Waals surface area contributed by atoms with Crippen LogP contribution in [0.15, 0.2) is 42.5 Å². The highest BCUT2D eigenvalue weighted by molar-refractivity contribution is 6.30. The summed E-state index contributed by atoms with van der Waals surface area (Å²) in [5.41, 5.74) is 9.05. The van der Waals surface area contributed by atoms with Crippen molar-refractivity contribution < 1.29 is 9.59 Å². The summed E-state index contributed by atoms with van der Waals surface area (Å²) in [6, 6.07) is 11.6. The lowest BCUT2D eigenvalue weighted by atomic mass is 9.96. The van der Waals surface area contributed by atoms with E-state index < -0.39 is 11.9 Å². The molecule has 2 aromatic rings. The van der Waals surface area contributed by atoms with Gasteiger partial charge in [0.25, 0.3) is 5.91 Å². The highest BCUT2D eigenvalue weighted by Gasteiger charge is 2.21. The SMILES string of the molecule is Cc1cccc(C)c1C[C@@H](NC(=O)c1ccc(Cl)cc1)C(N)=O. The number of benzene rings is 2. The van der Waals surface area contributed by atoms with Crippen LogP contribution < -0.4 is 11.1 Å². The van der Waals surface area contributed by atoms with E-state index in [2.05, 4.69) is 5.32 Å². The molecule has 0 spiro atoms. The van der Waals surface area contributed by atoms with Gasteiger partial charge < -0.3 is 11.1 Å². The molecule has 0 heterocycles. The van der Waals surface area contributed by atoms with E-state index in [0.717, 1.165) is 16.7 Å². The van der Waals surface area contributed by atoms with Gasteiger partial charge in [-0.15, -0.1) is 0 Å². The van der Waals surface area contributed by atoms with Gasteiger partial charge in [-0.2, -0.15) is 0 Å². The van der Waals surface area contributed by atoms with Crippen LogP contribution in [0.5, 0.6) is 0 Å². The van der Waals surface area contributed by atoms with Crippen molar-refractivity contribution in [2.75, 3.05) is 0 Å². The quantitative estimate of drug-likeness (QED) is 0.884. The van der Waals surface area contributed by atoms with E-state index in [4.69, 9.17) is 17.3 Å². The monoisotopic (exact) mass is 330 g/mol. The molecule has 0 aliphatic carbocycles. The number of amides is 2. The first kappa shape index (κ1) is 17.0. The van der Waals surface area contributed by atoms with Crippen LogP contribution in [-0.2, 0) is 11.2 Å². The topological polar surface area (TPSA) is 72.2 Å². The number of halogens is 1. The predicted octanol–water partition coefficient (Wildman–Crippen LogP) is 2.78. The maximum Gasteiger partial charge on any atom is 0.251 e. The van der Waals surface area contributed by atoms with E-state index in [1.165, 1.54) is 0 Å². The normalized spacial score (nSPS) is 11.8. The summed E-state index contributed by atoms with van der Waals surface area (Å²) in [4.78, 5) is 24.0. The van der Waals surface area contributed by atoms with E-state index in [9.17, 15) is 9.59 Å². The minimum atomic E-state index is -0.766. The number of hydrogen-bond acceptors (Lipinski definition) is 2. The molecule has 0 aliphatic heterocycles. The summed E-state index contributed by atoms with van der Waals surface area (Å²) in [6.07, 6.45) is 0.368. The molecule has 120 valence electrons. The second kappa shape index (κ2) is 7.29. The maximum atomic E-state index is 12.3. The molecule has 0 aromatic heterocycles. The van der Waals surface area contributed by atoms with Gasteiger partial charge in [-0.05, 0) is 54.8 Å². The van der Waals surface area contributed by atoms with Crippen LogP contribution in [0.25, 0.3) is 0 Å². The molecule has 2 rings (SSSR count). The van der Waals surface area contributed by atoms with Crippen molar-refractivity contribution in [1.29, 1.82) is 0 Å². The smallest absolute Gasteiger partial charge is 0.251 e. The summed E-state index contributed by atoms with van der Waals surface area (Å²) in [5, 5.41) is 3.24. The van der Waals surface area contributed by atoms with E-state index in [1.54, 1.807) is 24.3 Å². The van der Waals surface area contributed by atoms with Gasteiger partial charge in [-0.25, -0.2) is 0 Å². The van der Waals surface area contributed by atoms with E-state index in [-0.39, 0.29) is 5.91 Å². The number of nitrogens with one attached hydrogen (secondary N) is 1. The number of primary amides is 1. The van der Waals surface area contributed by atoms with E-state index in [1.807, 2.05) is 32.0 Å². The second-order valence-corrected chi connectivity index (χ2v) is 5.95. The van der Waals surface area contributed by atoms with Gasteiger partial charge in [-0.3, -0.25) is 9.59 Å². The number of carbonyl (C=O) groups excluding carboxylic acids is 2. The molecule has 5 heteroatoms. The lowest BCUT2D eigenvalue weighted by Gasteiger charge is -2.18.